The van der Waals surface area contributed by atoms with Crippen LogP contribution in [0.4, 0.5) is 5.69 Å². The lowest BCUT2D eigenvalue weighted by atomic mass is 10.2. The molecule has 2 heterocycles. The molecule has 0 aliphatic carbocycles. The molecule has 3 rings (SSSR count). The van der Waals surface area contributed by atoms with Crippen molar-refractivity contribution in [1.82, 2.24) is 4.98 Å². The average molecular weight is 372 g/mol. The first-order valence-corrected chi connectivity index (χ1v) is 7.40. The number of aromatic hydroxyl groups is 2. The molecule has 0 aliphatic rings. The second kappa shape index (κ2) is 6.67. The van der Waals surface area contributed by atoms with Crippen LogP contribution in [-0.4, -0.2) is 39.3 Å². The SMILES string of the molecule is COc1ccc2c(O)c(NC(=O)c3ccc(O)c(C(=O)O)n3)c(=O)oc2c1. The second-order valence-corrected chi connectivity index (χ2v) is 5.30. The molecule has 0 atom stereocenters. The average Bonchev–Trinajstić information content (AvgIpc) is 2.64. The third-order valence-corrected chi connectivity index (χ3v) is 3.64. The van der Waals surface area contributed by atoms with Gasteiger partial charge in [0.05, 0.1) is 12.5 Å². The van der Waals surface area contributed by atoms with Gasteiger partial charge in [0.25, 0.3) is 5.91 Å². The summed E-state index contributed by atoms with van der Waals surface area (Å²) in [6, 6.07) is 6.38. The van der Waals surface area contributed by atoms with E-state index in [1.165, 1.54) is 25.3 Å². The van der Waals surface area contributed by atoms with Gasteiger partial charge in [-0.2, -0.15) is 0 Å². The maximum atomic E-state index is 12.3. The van der Waals surface area contributed by atoms with E-state index in [0.717, 1.165) is 12.1 Å². The van der Waals surface area contributed by atoms with Gasteiger partial charge in [-0.25, -0.2) is 14.6 Å². The van der Waals surface area contributed by atoms with Gasteiger partial charge in [-0.05, 0) is 24.3 Å². The first-order valence-electron chi connectivity index (χ1n) is 7.40. The number of fused-ring (bicyclic) bond motifs is 1. The number of hydrogen-bond donors (Lipinski definition) is 4. The summed E-state index contributed by atoms with van der Waals surface area (Å²) in [5.41, 5.74) is -2.64. The van der Waals surface area contributed by atoms with Crippen LogP contribution >= 0.6 is 0 Å². The van der Waals surface area contributed by atoms with Gasteiger partial charge in [-0.1, -0.05) is 0 Å². The predicted molar refractivity (Wildman–Crippen MR) is 91.5 cm³/mol. The highest BCUT2D eigenvalue weighted by atomic mass is 16.5. The molecule has 1 aromatic carbocycles. The number of carboxylic acids is 1. The molecule has 0 radical (unpaired) electrons. The topological polar surface area (TPSA) is 159 Å². The minimum absolute atomic E-state index is 0.0470. The fourth-order valence-corrected chi connectivity index (χ4v) is 2.32. The van der Waals surface area contributed by atoms with Crippen LogP contribution in [-0.2, 0) is 0 Å². The van der Waals surface area contributed by atoms with Gasteiger partial charge in [0.15, 0.2) is 17.1 Å². The number of carboxylic acid groups (broad SMARTS) is 1. The predicted octanol–water partition coefficient (Wildman–Crippen LogP) is 1.56. The zero-order chi connectivity index (χ0) is 19.7. The standard InChI is InChI=1S/C17H12N2O8/c1-26-7-2-3-8-11(6-7)27-17(25)13(14(8)21)19-15(22)9-4-5-10(20)12(18-9)16(23)24/h2-6,20-21H,1H3,(H,19,22)(H,23,24). The van der Waals surface area contributed by atoms with E-state index >= 15 is 0 Å². The largest absolute Gasteiger partial charge is 0.505 e. The molecule has 3 aromatic rings. The Morgan fingerprint density at radius 1 is 1.19 bits per heavy atom. The number of nitrogens with zero attached hydrogens (tertiary/aromatic N) is 1. The number of pyridine rings is 1. The summed E-state index contributed by atoms with van der Waals surface area (Å²) in [5.74, 6) is -3.27. The first kappa shape index (κ1) is 17.7. The normalized spacial score (nSPS) is 10.6. The van der Waals surface area contributed by atoms with Crippen molar-refractivity contribution in [1.29, 1.82) is 0 Å². The van der Waals surface area contributed by atoms with Gasteiger partial charge in [-0.15, -0.1) is 0 Å². The maximum absolute atomic E-state index is 12.3. The molecule has 0 bridgehead atoms. The fourth-order valence-electron chi connectivity index (χ4n) is 2.32. The quantitative estimate of drug-likeness (QED) is 0.498. The van der Waals surface area contributed by atoms with E-state index in [4.69, 9.17) is 14.3 Å². The van der Waals surface area contributed by atoms with Crippen molar-refractivity contribution in [3.8, 4) is 17.2 Å². The highest BCUT2D eigenvalue weighted by Gasteiger charge is 2.20. The van der Waals surface area contributed by atoms with Crippen LogP contribution in [0, 0.1) is 0 Å². The number of aromatic carboxylic acids is 1. The van der Waals surface area contributed by atoms with Crippen molar-refractivity contribution in [2.75, 3.05) is 12.4 Å². The van der Waals surface area contributed by atoms with Crippen LogP contribution < -0.4 is 15.7 Å². The number of hydrogen-bond acceptors (Lipinski definition) is 8. The molecule has 0 saturated carbocycles. The van der Waals surface area contributed by atoms with Gasteiger partial charge >= 0.3 is 11.6 Å². The van der Waals surface area contributed by atoms with E-state index in [9.17, 15) is 24.6 Å². The molecule has 10 nitrogen and oxygen atoms in total. The van der Waals surface area contributed by atoms with E-state index in [1.54, 1.807) is 0 Å². The molecule has 0 spiro atoms. The second-order valence-electron chi connectivity index (χ2n) is 5.30. The molecule has 4 N–H and O–H groups in total. The molecule has 0 fully saturated rings. The minimum atomic E-state index is -1.54. The highest BCUT2D eigenvalue weighted by Crippen LogP contribution is 2.32. The number of benzene rings is 1. The third-order valence-electron chi connectivity index (χ3n) is 3.64. The molecule has 0 aliphatic heterocycles. The molecular weight excluding hydrogens is 360 g/mol. The fraction of sp³-hybridized carbons (Fsp3) is 0.0588. The lowest BCUT2D eigenvalue weighted by Crippen LogP contribution is -2.20. The number of nitrogens with one attached hydrogen (secondary N) is 1. The van der Waals surface area contributed by atoms with Gasteiger partial charge in [-0.3, -0.25) is 4.79 Å². The third kappa shape index (κ3) is 3.23. The molecule has 0 saturated heterocycles. The Labute approximate surface area is 150 Å². The summed E-state index contributed by atoms with van der Waals surface area (Å²) in [6.45, 7) is 0. The van der Waals surface area contributed by atoms with Crippen LogP contribution in [0.1, 0.15) is 21.0 Å². The van der Waals surface area contributed by atoms with E-state index in [2.05, 4.69) is 10.3 Å². The van der Waals surface area contributed by atoms with Crippen molar-refractivity contribution < 1.29 is 34.1 Å². The summed E-state index contributed by atoms with van der Waals surface area (Å²) < 4.78 is 10.1. The Hall–Kier alpha value is -4.08. The van der Waals surface area contributed by atoms with Crippen molar-refractivity contribution in [3.05, 3.63) is 52.1 Å². The lowest BCUT2D eigenvalue weighted by Gasteiger charge is -2.09. The Balaban J connectivity index is 2.01. The van der Waals surface area contributed by atoms with E-state index in [-0.39, 0.29) is 16.7 Å². The molecule has 0 unspecified atom stereocenters. The Morgan fingerprint density at radius 3 is 2.59 bits per heavy atom. The van der Waals surface area contributed by atoms with E-state index in [0.29, 0.717) is 5.75 Å². The number of amides is 1. The van der Waals surface area contributed by atoms with Crippen molar-refractivity contribution in [2.45, 2.75) is 0 Å². The highest BCUT2D eigenvalue weighted by molar-refractivity contribution is 6.06. The Bertz CT molecular complexity index is 1140. The number of anilines is 1. The van der Waals surface area contributed by atoms with Crippen LogP contribution in [0.2, 0.25) is 0 Å². The van der Waals surface area contributed by atoms with Gasteiger partial charge in [0.1, 0.15) is 22.8 Å². The molecule has 1 amide bonds. The summed E-state index contributed by atoms with van der Waals surface area (Å²) in [5, 5.41) is 31.0. The molecule has 10 heteroatoms. The molecule has 138 valence electrons. The first-order chi connectivity index (χ1) is 12.8. The smallest absolute Gasteiger partial charge is 0.364 e. The zero-order valence-electron chi connectivity index (χ0n) is 13.7. The van der Waals surface area contributed by atoms with Crippen molar-refractivity contribution in [3.63, 3.8) is 0 Å². The summed E-state index contributed by atoms with van der Waals surface area (Å²) in [7, 11) is 1.42. The van der Waals surface area contributed by atoms with Gasteiger partial charge < -0.3 is 29.8 Å². The lowest BCUT2D eigenvalue weighted by molar-refractivity contribution is 0.0687. The van der Waals surface area contributed by atoms with Crippen LogP contribution in [0.15, 0.2) is 39.5 Å². The number of methoxy groups -OCH3 is 1. The maximum Gasteiger partial charge on any atom is 0.364 e. The number of aromatic nitrogens is 1. The van der Waals surface area contributed by atoms with Gasteiger partial charge in [0.2, 0.25) is 0 Å². The van der Waals surface area contributed by atoms with Crippen LogP contribution in [0.5, 0.6) is 17.2 Å². The summed E-state index contributed by atoms with van der Waals surface area (Å²) in [6.07, 6.45) is 0. The minimum Gasteiger partial charge on any atom is -0.505 e. The van der Waals surface area contributed by atoms with Crippen molar-refractivity contribution >= 4 is 28.5 Å². The summed E-state index contributed by atoms with van der Waals surface area (Å²) >= 11 is 0. The number of carbonyl (C=O) groups excluding carboxylic acids is 1. The van der Waals surface area contributed by atoms with E-state index < -0.39 is 40.4 Å². The monoisotopic (exact) mass is 372 g/mol. The Kier molecular flexibility index (Phi) is 4.38. The zero-order valence-corrected chi connectivity index (χ0v) is 13.7. The van der Waals surface area contributed by atoms with Crippen LogP contribution in [0.3, 0.4) is 0 Å². The number of rotatable bonds is 4. The Morgan fingerprint density at radius 2 is 1.93 bits per heavy atom. The van der Waals surface area contributed by atoms with Crippen LogP contribution in [0.25, 0.3) is 11.0 Å². The van der Waals surface area contributed by atoms with E-state index in [1.807, 2.05) is 0 Å². The summed E-state index contributed by atoms with van der Waals surface area (Å²) in [4.78, 5) is 38.9. The van der Waals surface area contributed by atoms with Gasteiger partial charge in [0, 0.05) is 6.07 Å². The molecule has 2 aromatic heterocycles. The van der Waals surface area contributed by atoms with Crippen molar-refractivity contribution in [2.24, 2.45) is 0 Å². The molecular formula is C17H12N2O8. The molecule has 27 heavy (non-hydrogen) atoms. The number of ether oxygens (including phenoxy) is 1. The number of carbonyl (C=O) groups is 2.